The molecule has 3 heterocycles. The number of halogens is 1. The minimum atomic E-state index is -0.430. The number of aliphatic hydroxyl groups is 1. The topological polar surface area (TPSA) is 67.1 Å². The molecule has 0 aliphatic carbocycles. The molecule has 6 nitrogen and oxygen atoms in total. The van der Waals surface area contributed by atoms with E-state index >= 15 is 0 Å². The maximum absolute atomic E-state index is 11.5. The molecular weight excluding hydrogens is 366 g/mol. The molecule has 2 aromatic heterocycles. The Balaban J connectivity index is 1.43. The van der Waals surface area contributed by atoms with Crippen LogP contribution >= 0.6 is 11.6 Å². The standard InChI is InChI=1S/C20H20ClN3O3/c21-20-17(5-6-18-22-9-12-24(18)20)14-1-3-15(4-2-14)27-16-7-10-23(11-8-16)19(26)13-25/h1-6,9,12,16,25H,7-8,10-11,13H2. The molecule has 1 fully saturated rings. The number of hydrogen-bond donors (Lipinski definition) is 1. The number of aliphatic hydroxyl groups excluding tert-OH is 1. The molecule has 27 heavy (non-hydrogen) atoms. The van der Waals surface area contributed by atoms with Gasteiger partial charge in [0.2, 0.25) is 5.91 Å². The lowest BCUT2D eigenvalue weighted by atomic mass is 10.1. The number of benzene rings is 1. The van der Waals surface area contributed by atoms with Crippen LogP contribution in [-0.2, 0) is 4.79 Å². The lowest BCUT2D eigenvalue weighted by Crippen LogP contribution is -2.42. The van der Waals surface area contributed by atoms with Gasteiger partial charge in [-0.1, -0.05) is 23.7 Å². The number of ether oxygens (including phenoxy) is 1. The van der Waals surface area contributed by atoms with Crippen LogP contribution in [0.4, 0.5) is 0 Å². The molecule has 0 spiro atoms. The molecule has 1 amide bonds. The van der Waals surface area contributed by atoms with Gasteiger partial charge < -0.3 is 14.7 Å². The van der Waals surface area contributed by atoms with E-state index in [4.69, 9.17) is 21.4 Å². The summed E-state index contributed by atoms with van der Waals surface area (Å²) in [4.78, 5) is 17.4. The Hall–Kier alpha value is -2.57. The van der Waals surface area contributed by atoms with Gasteiger partial charge in [0, 0.05) is 43.9 Å². The van der Waals surface area contributed by atoms with Crippen molar-refractivity contribution in [2.75, 3.05) is 19.7 Å². The quantitative estimate of drug-likeness (QED) is 0.701. The zero-order valence-electron chi connectivity index (χ0n) is 14.7. The Morgan fingerprint density at radius 1 is 1.19 bits per heavy atom. The molecule has 7 heteroatoms. The molecule has 1 saturated heterocycles. The predicted octanol–water partition coefficient (Wildman–Crippen LogP) is 3.02. The average molecular weight is 386 g/mol. The minimum absolute atomic E-state index is 0.0736. The van der Waals surface area contributed by atoms with Gasteiger partial charge in [-0.05, 0) is 29.8 Å². The zero-order valence-corrected chi connectivity index (χ0v) is 15.5. The molecule has 1 aliphatic rings. The first-order valence-corrected chi connectivity index (χ1v) is 9.31. The Kier molecular flexibility index (Phi) is 5.01. The largest absolute Gasteiger partial charge is 0.490 e. The van der Waals surface area contributed by atoms with Gasteiger partial charge in [-0.25, -0.2) is 4.98 Å². The molecule has 140 valence electrons. The maximum Gasteiger partial charge on any atom is 0.248 e. The number of rotatable bonds is 4. The van der Waals surface area contributed by atoms with Crippen LogP contribution in [0.15, 0.2) is 48.8 Å². The van der Waals surface area contributed by atoms with Crippen LogP contribution in [0.2, 0.25) is 5.15 Å². The summed E-state index contributed by atoms with van der Waals surface area (Å²) in [6, 6.07) is 11.8. The second-order valence-electron chi connectivity index (χ2n) is 6.57. The van der Waals surface area contributed by atoms with Crippen LogP contribution in [0, 0.1) is 0 Å². The number of aromatic nitrogens is 2. The zero-order chi connectivity index (χ0) is 18.8. The second-order valence-corrected chi connectivity index (χ2v) is 6.93. The molecule has 0 saturated carbocycles. The summed E-state index contributed by atoms with van der Waals surface area (Å²) in [6.07, 6.45) is 5.16. The molecule has 0 bridgehead atoms. The van der Waals surface area contributed by atoms with Crippen LogP contribution < -0.4 is 4.74 Å². The fourth-order valence-electron chi connectivity index (χ4n) is 3.40. The molecule has 4 rings (SSSR count). The van der Waals surface area contributed by atoms with Crippen LogP contribution in [0.1, 0.15) is 12.8 Å². The van der Waals surface area contributed by atoms with Crippen molar-refractivity contribution in [2.45, 2.75) is 18.9 Å². The van der Waals surface area contributed by atoms with E-state index in [-0.39, 0.29) is 12.0 Å². The summed E-state index contributed by atoms with van der Waals surface area (Å²) in [5.41, 5.74) is 2.76. The van der Waals surface area contributed by atoms with Crippen LogP contribution in [-0.4, -0.2) is 51.1 Å². The van der Waals surface area contributed by atoms with Crippen molar-refractivity contribution in [3.63, 3.8) is 0 Å². The highest BCUT2D eigenvalue weighted by molar-refractivity contribution is 6.32. The molecule has 0 radical (unpaired) electrons. The molecule has 1 aromatic carbocycles. The number of likely N-dealkylation sites (tertiary alicyclic amines) is 1. The number of carbonyl (C=O) groups is 1. The lowest BCUT2D eigenvalue weighted by molar-refractivity contribution is -0.135. The maximum atomic E-state index is 11.5. The lowest BCUT2D eigenvalue weighted by Gasteiger charge is -2.31. The number of pyridine rings is 1. The fourth-order valence-corrected chi connectivity index (χ4v) is 3.72. The van der Waals surface area contributed by atoms with Crippen LogP contribution in [0.5, 0.6) is 5.75 Å². The Bertz CT molecular complexity index is 947. The number of nitrogens with zero attached hydrogens (tertiary/aromatic N) is 3. The van der Waals surface area contributed by atoms with Gasteiger partial charge in [0.25, 0.3) is 0 Å². The summed E-state index contributed by atoms with van der Waals surface area (Å²) in [6.45, 7) is 0.797. The van der Waals surface area contributed by atoms with Crippen molar-refractivity contribution in [3.8, 4) is 16.9 Å². The smallest absolute Gasteiger partial charge is 0.248 e. The predicted molar refractivity (Wildman–Crippen MR) is 103 cm³/mol. The fraction of sp³-hybridized carbons (Fsp3) is 0.300. The molecular formula is C20H20ClN3O3. The number of amides is 1. The van der Waals surface area contributed by atoms with E-state index in [0.717, 1.165) is 35.4 Å². The second kappa shape index (κ2) is 7.58. The highest BCUT2D eigenvalue weighted by Gasteiger charge is 2.23. The van der Waals surface area contributed by atoms with Gasteiger partial charge in [-0.3, -0.25) is 9.20 Å². The first kappa shape index (κ1) is 17.8. The highest BCUT2D eigenvalue weighted by Crippen LogP contribution is 2.30. The summed E-state index contributed by atoms with van der Waals surface area (Å²) in [5, 5.41) is 9.56. The Morgan fingerprint density at radius 3 is 2.63 bits per heavy atom. The van der Waals surface area contributed by atoms with Gasteiger partial charge in [0.1, 0.15) is 29.3 Å². The Morgan fingerprint density at radius 2 is 1.93 bits per heavy atom. The van der Waals surface area contributed by atoms with Crippen molar-refractivity contribution in [1.82, 2.24) is 14.3 Å². The van der Waals surface area contributed by atoms with Crippen molar-refractivity contribution < 1.29 is 14.6 Å². The van der Waals surface area contributed by atoms with Crippen molar-refractivity contribution in [3.05, 3.63) is 53.9 Å². The van der Waals surface area contributed by atoms with Crippen molar-refractivity contribution in [2.24, 2.45) is 0 Å². The first-order chi connectivity index (χ1) is 13.2. The summed E-state index contributed by atoms with van der Waals surface area (Å²) in [5.74, 6) is 0.579. The number of fused-ring (bicyclic) bond motifs is 1. The monoisotopic (exact) mass is 385 g/mol. The van der Waals surface area contributed by atoms with Gasteiger partial charge in [0.05, 0.1) is 0 Å². The van der Waals surface area contributed by atoms with E-state index in [9.17, 15) is 4.79 Å². The van der Waals surface area contributed by atoms with Gasteiger partial charge in [-0.15, -0.1) is 0 Å². The Labute approximate surface area is 162 Å². The highest BCUT2D eigenvalue weighted by atomic mass is 35.5. The van der Waals surface area contributed by atoms with Crippen LogP contribution in [0.25, 0.3) is 16.8 Å². The number of carbonyl (C=O) groups excluding carboxylic acids is 1. The average Bonchev–Trinajstić information content (AvgIpc) is 3.19. The summed E-state index contributed by atoms with van der Waals surface area (Å²) < 4.78 is 7.90. The number of imidazole rings is 1. The van der Waals surface area contributed by atoms with Gasteiger partial charge in [-0.2, -0.15) is 0 Å². The SMILES string of the molecule is O=C(CO)N1CCC(Oc2ccc(-c3ccc4nccn4c3Cl)cc2)CC1. The minimum Gasteiger partial charge on any atom is -0.490 e. The normalized spacial score (nSPS) is 15.3. The summed E-state index contributed by atoms with van der Waals surface area (Å²) >= 11 is 6.51. The van der Waals surface area contributed by atoms with E-state index < -0.39 is 6.61 Å². The number of piperidine rings is 1. The third kappa shape index (κ3) is 3.63. The van der Waals surface area contributed by atoms with Gasteiger partial charge in [0.15, 0.2) is 0 Å². The van der Waals surface area contributed by atoms with Crippen molar-refractivity contribution >= 4 is 23.2 Å². The third-order valence-corrected chi connectivity index (χ3v) is 5.29. The van der Waals surface area contributed by atoms with E-state index in [1.807, 2.05) is 47.0 Å². The third-order valence-electron chi connectivity index (χ3n) is 4.90. The molecule has 3 aromatic rings. The van der Waals surface area contributed by atoms with Crippen molar-refractivity contribution in [1.29, 1.82) is 0 Å². The van der Waals surface area contributed by atoms with E-state index in [1.165, 1.54) is 0 Å². The molecule has 1 N–H and O–H groups in total. The van der Waals surface area contributed by atoms with E-state index in [0.29, 0.717) is 18.2 Å². The van der Waals surface area contributed by atoms with E-state index in [1.54, 1.807) is 11.1 Å². The van der Waals surface area contributed by atoms with Gasteiger partial charge >= 0.3 is 0 Å². The van der Waals surface area contributed by atoms with Crippen LogP contribution in [0.3, 0.4) is 0 Å². The number of hydrogen-bond acceptors (Lipinski definition) is 4. The first-order valence-electron chi connectivity index (χ1n) is 8.93. The molecule has 0 unspecified atom stereocenters. The molecule has 1 aliphatic heterocycles. The van der Waals surface area contributed by atoms with E-state index in [2.05, 4.69) is 4.98 Å². The summed E-state index contributed by atoms with van der Waals surface area (Å²) in [7, 11) is 0. The molecule has 0 atom stereocenters.